The molecule has 6 nitrogen and oxygen atoms in total. The van der Waals surface area contributed by atoms with E-state index in [1.54, 1.807) is 24.3 Å². The molecule has 0 bridgehead atoms. The van der Waals surface area contributed by atoms with Crippen molar-refractivity contribution in [2.75, 3.05) is 5.32 Å². The highest BCUT2D eigenvalue weighted by molar-refractivity contribution is 7.09. The van der Waals surface area contributed by atoms with Crippen LogP contribution in [0.2, 0.25) is 0 Å². The second kappa shape index (κ2) is 6.60. The molecule has 0 aliphatic rings. The first kappa shape index (κ1) is 16.3. The summed E-state index contributed by atoms with van der Waals surface area (Å²) in [6, 6.07) is 12.0. The average Bonchev–Trinajstić information content (AvgIpc) is 3.23. The van der Waals surface area contributed by atoms with E-state index in [1.807, 2.05) is 6.92 Å². The van der Waals surface area contributed by atoms with Gasteiger partial charge in [-0.3, -0.25) is 0 Å². The predicted molar refractivity (Wildman–Crippen MR) is 94.6 cm³/mol. The first-order valence-corrected chi connectivity index (χ1v) is 8.42. The highest BCUT2D eigenvalue weighted by atomic mass is 32.1. The summed E-state index contributed by atoms with van der Waals surface area (Å²) in [5.41, 5.74) is 2.48. The van der Waals surface area contributed by atoms with E-state index in [9.17, 15) is 8.78 Å². The van der Waals surface area contributed by atoms with Crippen LogP contribution in [0.4, 0.5) is 19.6 Å². The summed E-state index contributed by atoms with van der Waals surface area (Å²) < 4.78 is 32.2. The minimum Gasteiger partial charge on any atom is -0.330 e. The molecule has 0 spiro atoms. The fourth-order valence-corrected chi connectivity index (χ4v) is 3.01. The molecular weight excluding hydrogens is 358 g/mol. The molecule has 9 heteroatoms. The van der Waals surface area contributed by atoms with Crippen molar-refractivity contribution in [1.29, 1.82) is 0 Å². The Morgan fingerprint density at radius 2 is 1.85 bits per heavy atom. The van der Waals surface area contributed by atoms with Gasteiger partial charge in [0.2, 0.25) is 5.13 Å². The maximum atomic E-state index is 13.4. The Bertz CT molecular complexity index is 1060. The fraction of sp³-hybridized carbons (Fsp3) is 0.0588. The topological polar surface area (TPSA) is 68.5 Å². The molecule has 0 saturated heterocycles. The smallest absolute Gasteiger partial charge is 0.207 e. The third kappa shape index (κ3) is 3.16. The minimum atomic E-state index is -0.350. The Morgan fingerprint density at radius 3 is 2.62 bits per heavy atom. The summed E-state index contributed by atoms with van der Waals surface area (Å²) >= 11 is 1.16. The lowest BCUT2D eigenvalue weighted by Crippen LogP contribution is -1.99. The van der Waals surface area contributed by atoms with Gasteiger partial charge in [0, 0.05) is 17.2 Å². The van der Waals surface area contributed by atoms with Crippen LogP contribution in [0.25, 0.3) is 17.2 Å². The lowest BCUT2D eigenvalue weighted by atomic mass is 10.3. The van der Waals surface area contributed by atoms with Crippen LogP contribution in [-0.4, -0.2) is 24.4 Å². The summed E-state index contributed by atoms with van der Waals surface area (Å²) in [6.45, 7) is 1.81. The first-order chi connectivity index (χ1) is 12.6. The molecule has 0 saturated carbocycles. The zero-order valence-corrected chi connectivity index (χ0v) is 14.3. The lowest BCUT2D eigenvalue weighted by Gasteiger charge is -2.02. The van der Waals surface area contributed by atoms with Gasteiger partial charge in [0.05, 0.1) is 11.4 Å². The van der Waals surface area contributed by atoms with Crippen molar-refractivity contribution in [1.82, 2.24) is 24.4 Å². The van der Waals surface area contributed by atoms with Gasteiger partial charge >= 0.3 is 0 Å². The van der Waals surface area contributed by atoms with Crippen LogP contribution in [-0.2, 0) is 0 Å². The van der Waals surface area contributed by atoms with Crippen molar-refractivity contribution in [3.05, 3.63) is 65.9 Å². The average molecular weight is 370 g/mol. The van der Waals surface area contributed by atoms with Crippen LogP contribution in [0.5, 0.6) is 0 Å². The number of nitrogens with zero attached hydrogens (tertiary/aromatic N) is 5. The number of halogens is 2. The Morgan fingerprint density at radius 1 is 1.04 bits per heavy atom. The van der Waals surface area contributed by atoms with E-state index < -0.39 is 0 Å². The molecule has 0 atom stereocenters. The van der Waals surface area contributed by atoms with E-state index in [4.69, 9.17) is 0 Å². The van der Waals surface area contributed by atoms with E-state index >= 15 is 0 Å². The molecule has 0 amide bonds. The van der Waals surface area contributed by atoms with Gasteiger partial charge in [-0.15, -0.1) is 5.10 Å². The fourth-order valence-electron chi connectivity index (χ4n) is 2.42. The Balaban J connectivity index is 1.61. The summed E-state index contributed by atoms with van der Waals surface area (Å²) in [5, 5.41) is 11.8. The van der Waals surface area contributed by atoms with E-state index in [0.717, 1.165) is 11.5 Å². The molecule has 4 rings (SSSR count). The maximum Gasteiger partial charge on any atom is 0.207 e. The molecule has 0 radical (unpaired) electrons. The van der Waals surface area contributed by atoms with Crippen LogP contribution in [0.3, 0.4) is 0 Å². The summed E-state index contributed by atoms with van der Waals surface area (Å²) in [5.74, 6) is -0.241. The van der Waals surface area contributed by atoms with Gasteiger partial charge in [-0.1, -0.05) is 11.3 Å². The molecule has 0 fully saturated rings. The highest BCUT2D eigenvalue weighted by Gasteiger charge is 2.17. The molecule has 2 aromatic heterocycles. The summed E-state index contributed by atoms with van der Waals surface area (Å²) in [6.07, 6.45) is 0. The SMILES string of the molecule is Cc1c(-c2nsc(Nc3ccc(F)cc3)n2)nnn1-c1cccc(F)c1. The molecule has 2 aromatic carbocycles. The number of nitrogens with one attached hydrogen (secondary N) is 1. The second-order valence-electron chi connectivity index (χ2n) is 5.47. The van der Waals surface area contributed by atoms with Crippen LogP contribution >= 0.6 is 11.5 Å². The van der Waals surface area contributed by atoms with E-state index in [1.165, 1.54) is 28.9 Å². The Kier molecular flexibility index (Phi) is 4.13. The third-order valence-electron chi connectivity index (χ3n) is 3.68. The van der Waals surface area contributed by atoms with Crippen LogP contribution in [0.1, 0.15) is 5.69 Å². The van der Waals surface area contributed by atoms with E-state index in [0.29, 0.717) is 33.7 Å². The minimum absolute atomic E-state index is 0.307. The number of rotatable bonds is 4. The molecular formula is C17H12F2N6S. The zero-order valence-electron chi connectivity index (χ0n) is 13.5. The van der Waals surface area contributed by atoms with Gasteiger partial charge in [0.25, 0.3) is 0 Å². The maximum absolute atomic E-state index is 13.4. The van der Waals surface area contributed by atoms with Crippen molar-refractivity contribution in [3.63, 3.8) is 0 Å². The Hall–Kier alpha value is -3.20. The monoisotopic (exact) mass is 370 g/mol. The van der Waals surface area contributed by atoms with Gasteiger partial charge in [-0.2, -0.15) is 9.36 Å². The lowest BCUT2D eigenvalue weighted by molar-refractivity contribution is 0.624. The molecule has 1 N–H and O–H groups in total. The number of benzene rings is 2. The van der Waals surface area contributed by atoms with Gasteiger partial charge < -0.3 is 5.32 Å². The van der Waals surface area contributed by atoms with Crippen LogP contribution < -0.4 is 5.32 Å². The molecule has 0 aliphatic carbocycles. The van der Waals surface area contributed by atoms with Crippen molar-refractivity contribution in [3.8, 4) is 17.2 Å². The third-order valence-corrected chi connectivity index (χ3v) is 4.31. The van der Waals surface area contributed by atoms with Gasteiger partial charge in [-0.25, -0.2) is 13.5 Å². The quantitative estimate of drug-likeness (QED) is 0.585. The number of hydrogen-bond acceptors (Lipinski definition) is 6. The zero-order chi connectivity index (χ0) is 18.1. The van der Waals surface area contributed by atoms with E-state index in [-0.39, 0.29) is 11.6 Å². The van der Waals surface area contributed by atoms with E-state index in [2.05, 4.69) is 25.0 Å². The van der Waals surface area contributed by atoms with Gasteiger partial charge in [0.15, 0.2) is 11.5 Å². The highest BCUT2D eigenvalue weighted by Crippen LogP contribution is 2.25. The molecule has 0 aliphatic heterocycles. The van der Waals surface area contributed by atoms with Crippen molar-refractivity contribution in [2.24, 2.45) is 0 Å². The van der Waals surface area contributed by atoms with Gasteiger partial charge in [0.1, 0.15) is 11.6 Å². The normalized spacial score (nSPS) is 10.9. The largest absolute Gasteiger partial charge is 0.330 e. The first-order valence-electron chi connectivity index (χ1n) is 7.65. The predicted octanol–water partition coefficient (Wildman–Crippen LogP) is 4.12. The molecule has 2 heterocycles. The standard InChI is InChI=1S/C17H12F2N6S/c1-10-15(22-24-25(10)14-4-2-3-12(19)9-14)16-21-17(26-23-16)20-13-7-5-11(18)6-8-13/h2-9H,1H3,(H,20,21,23). The molecule has 26 heavy (non-hydrogen) atoms. The number of hydrogen-bond donors (Lipinski definition) is 1. The van der Waals surface area contributed by atoms with Crippen LogP contribution in [0, 0.1) is 18.6 Å². The molecule has 0 unspecified atom stereocenters. The summed E-state index contributed by atoms with van der Waals surface area (Å²) in [7, 11) is 0. The van der Waals surface area contributed by atoms with Gasteiger partial charge in [-0.05, 0) is 49.4 Å². The number of aromatic nitrogens is 5. The van der Waals surface area contributed by atoms with Crippen molar-refractivity contribution >= 4 is 22.4 Å². The van der Waals surface area contributed by atoms with Crippen molar-refractivity contribution < 1.29 is 8.78 Å². The molecule has 4 aromatic rings. The van der Waals surface area contributed by atoms with Crippen molar-refractivity contribution in [2.45, 2.75) is 6.92 Å². The van der Waals surface area contributed by atoms with Crippen LogP contribution in [0.15, 0.2) is 48.5 Å². The summed E-state index contributed by atoms with van der Waals surface area (Å²) in [4.78, 5) is 4.40. The molecule has 130 valence electrons. The second-order valence-corrected chi connectivity index (χ2v) is 6.22. The number of anilines is 2. The Labute approximate surface area is 151 Å².